The zero-order valence-electron chi connectivity index (χ0n) is 13.9. The second-order valence-electron chi connectivity index (χ2n) is 5.82. The van der Waals surface area contributed by atoms with Crippen LogP contribution in [0, 0.1) is 13.8 Å². The molecular weight excluding hydrogens is 282 g/mol. The Kier molecular flexibility index (Phi) is 5.11. The zero-order valence-corrected chi connectivity index (χ0v) is 13.9. The first kappa shape index (κ1) is 16.4. The number of carbonyl (C=O) groups is 2. The molecule has 1 saturated heterocycles. The molecule has 1 aliphatic rings. The molecule has 6 nitrogen and oxygen atoms in total. The summed E-state index contributed by atoms with van der Waals surface area (Å²) in [4.78, 5) is 27.6. The van der Waals surface area contributed by atoms with E-state index in [1.807, 2.05) is 25.8 Å². The first-order valence-electron chi connectivity index (χ1n) is 7.66. The predicted octanol–water partition coefficient (Wildman–Crippen LogP) is 1.49. The van der Waals surface area contributed by atoms with Crippen LogP contribution in [-0.2, 0) is 23.0 Å². The molecule has 2 amide bonds. The molecular formula is C16H25N3O3. The van der Waals surface area contributed by atoms with Crippen molar-refractivity contribution in [3.8, 4) is 0 Å². The number of methoxy groups -OCH3 is 1. The van der Waals surface area contributed by atoms with Gasteiger partial charge in [-0.2, -0.15) is 0 Å². The standard InChI is InChI=1S/C16H25N3O3/c1-12-10-14(13(2)17(12)3)11-15(20)18-6-5-7-19(9-8-18)16(21)22-4/h10H,5-9,11H2,1-4H3. The van der Waals surface area contributed by atoms with Gasteiger partial charge in [-0.25, -0.2) is 4.79 Å². The van der Waals surface area contributed by atoms with Crippen LogP contribution in [0.3, 0.4) is 0 Å². The molecule has 0 unspecified atom stereocenters. The summed E-state index contributed by atoms with van der Waals surface area (Å²) in [6.45, 7) is 6.51. The molecule has 0 saturated carbocycles. The van der Waals surface area contributed by atoms with Gasteiger partial charge in [0.25, 0.3) is 0 Å². The molecule has 6 heteroatoms. The number of carbonyl (C=O) groups excluding carboxylic acids is 2. The minimum Gasteiger partial charge on any atom is -0.453 e. The van der Waals surface area contributed by atoms with Crippen molar-refractivity contribution < 1.29 is 14.3 Å². The van der Waals surface area contributed by atoms with Gasteiger partial charge in [0.1, 0.15) is 0 Å². The molecule has 1 aromatic heterocycles. The van der Waals surface area contributed by atoms with Crippen LogP contribution < -0.4 is 0 Å². The summed E-state index contributed by atoms with van der Waals surface area (Å²) < 4.78 is 6.85. The van der Waals surface area contributed by atoms with E-state index in [0.29, 0.717) is 32.6 Å². The van der Waals surface area contributed by atoms with Crippen LogP contribution in [0.2, 0.25) is 0 Å². The molecule has 1 aromatic rings. The molecule has 2 rings (SSSR count). The van der Waals surface area contributed by atoms with Crippen LogP contribution in [0.5, 0.6) is 0 Å². The number of rotatable bonds is 2. The van der Waals surface area contributed by atoms with Gasteiger partial charge in [-0.1, -0.05) is 0 Å². The first-order chi connectivity index (χ1) is 10.4. The summed E-state index contributed by atoms with van der Waals surface area (Å²) in [7, 11) is 3.40. The normalized spacial score (nSPS) is 15.6. The van der Waals surface area contributed by atoms with E-state index in [1.54, 1.807) is 4.90 Å². The molecule has 22 heavy (non-hydrogen) atoms. The van der Waals surface area contributed by atoms with Crippen molar-refractivity contribution in [3.63, 3.8) is 0 Å². The number of aryl methyl sites for hydroxylation is 1. The maximum atomic E-state index is 12.5. The smallest absolute Gasteiger partial charge is 0.409 e. The Morgan fingerprint density at radius 2 is 1.77 bits per heavy atom. The molecule has 0 N–H and O–H groups in total. The van der Waals surface area contributed by atoms with Crippen molar-refractivity contribution in [2.75, 3.05) is 33.3 Å². The lowest BCUT2D eigenvalue weighted by Crippen LogP contribution is -2.37. The van der Waals surface area contributed by atoms with Gasteiger partial charge in [-0.3, -0.25) is 4.79 Å². The lowest BCUT2D eigenvalue weighted by atomic mass is 10.1. The largest absolute Gasteiger partial charge is 0.453 e. The maximum absolute atomic E-state index is 12.5. The molecule has 0 aliphatic carbocycles. The third-order valence-electron chi connectivity index (χ3n) is 4.50. The average molecular weight is 307 g/mol. The summed E-state index contributed by atoms with van der Waals surface area (Å²) in [5.41, 5.74) is 3.38. The van der Waals surface area contributed by atoms with Crippen molar-refractivity contribution in [1.29, 1.82) is 0 Å². The van der Waals surface area contributed by atoms with E-state index in [1.165, 1.54) is 7.11 Å². The highest BCUT2D eigenvalue weighted by Crippen LogP contribution is 2.15. The van der Waals surface area contributed by atoms with Crippen molar-refractivity contribution in [1.82, 2.24) is 14.4 Å². The third kappa shape index (κ3) is 3.43. The molecule has 1 aliphatic heterocycles. The van der Waals surface area contributed by atoms with E-state index < -0.39 is 0 Å². The molecule has 0 atom stereocenters. The van der Waals surface area contributed by atoms with Crippen LogP contribution in [0.1, 0.15) is 23.4 Å². The van der Waals surface area contributed by atoms with Crippen LogP contribution in [0.15, 0.2) is 6.07 Å². The minimum atomic E-state index is -0.316. The lowest BCUT2D eigenvalue weighted by Gasteiger charge is -2.21. The van der Waals surface area contributed by atoms with E-state index in [9.17, 15) is 9.59 Å². The van der Waals surface area contributed by atoms with E-state index in [-0.39, 0.29) is 12.0 Å². The summed E-state index contributed by atoms with van der Waals surface area (Å²) in [5.74, 6) is 0.125. The molecule has 0 aromatic carbocycles. The van der Waals surface area contributed by atoms with E-state index in [0.717, 1.165) is 23.4 Å². The minimum absolute atomic E-state index is 0.125. The number of hydrogen-bond donors (Lipinski definition) is 0. The Morgan fingerprint density at radius 1 is 1.14 bits per heavy atom. The molecule has 2 heterocycles. The van der Waals surface area contributed by atoms with Gasteiger partial charge < -0.3 is 19.1 Å². The van der Waals surface area contributed by atoms with E-state index in [4.69, 9.17) is 4.74 Å². The Morgan fingerprint density at radius 3 is 2.36 bits per heavy atom. The summed E-state index contributed by atoms with van der Waals surface area (Å²) >= 11 is 0. The highest BCUT2D eigenvalue weighted by Gasteiger charge is 2.23. The molecule has 0 bridgehead atoms. The Bertz CT molecular complexity index is 565. The van der Waals surface area contributed by atoms with E-state index in [2.05, 4.69) is 10.6 Å². The van der Waals surface area contributed by atoms with Crippen LogP contribution in [-0.4, -0.2) is 59.7 Å². The number of amides is 2. The fraction of sp³-hybridized carbons (Fsp3) is 0.625. The number of aromatic nitrogens is 1. The lowest BCUT2D eigenvalue weighted by molar-refractivity contribution is -0.130. The highest BCUT2D eigenvalue weighted by molar-refractivity contribution is 5.79. The SMILES string of the molecule is COC(=O)N1CCCN(C(=O)Cc2cc(C)n(C)c2C)CC1. The van der Waals surface area contributed by atoms with Crippen molar-refractivity contribution in [2.24, 2.45) is 7.05 Å². The monoisotopic (exact) mass is 307 g/mol. The van der Waals surface area contributed by atoms with Crippen LogP contribution >= 0.6 is 0 Å². The van der Waals surface area contributed by atoms with Crippen molar-refractivity contribution in [2.45, 2.75) is 26.7 Å². The molecule has 0 radical (unpaired) electrons. The fourth-order valence-electron chi connectivity index (χ4n) is 2.87. The predicted molar refractivity (Wildman–Crippen MR) is 83.8 cm³/mol. The average Bonchev–Trinajstić information content (AvgIpc) is 2.72. The Balaban J connectivity index is 1.98. The van der Waals surface area contributed by atoms with Gasteiger partial charge >= 0.3 is 6.09 Å². The molecule has 1 fully saturated rings. The van der Waals surface area contributed by atoms with Crippen LogP contribution in [0.4, 0.5) is 4.79 Å². The Labute approximate surface area is 131 Å². The van der Waals surface area contributed by atoms with Gasteiger partial charge in [0, 0.05) is 44.6 Å². The van der Waals surface area contributed by atoms with Crippen LogP contribution in [0.25, 0.3) is 0 Å². The fourth-order valence-corrected chi connectivity index (χ4v) is 2.87. The second kappa shape index (κ2) is 6.85. The van der Waals surface area contributed by atoms with E-state index >= 15 is 0 Å². The Hall–Kier alpha value is -1.98. The molecule has 0 spiro atoms. The van der Waals surface area contributed by atoms with Crippen molar-refractivity contribution >= 4 is 12.0 Å². The summed E-state index contributed by atoms with van der Waals surface area (Å²) in [6.07, 6.45) is 0.892. The van der Waals surface area contributed by atoms with Gasteiger partial charge in [0.15, 0.2) is 0 Å². The number of nitrogens with zero attached hydrogens (tertiary/aromatic N) is 3. The zero-order chi connectivity index (χ0) is 16.3. The van der Waals surface area contributed by atoms with Gasteiger partial charge in [-0.15, -0.1) is 0 Å². The van der Waals surface area contributed by atoms with Gasteiger partial charge in [0.05, 0.1) is 13.5 Å². The summed E-state index contributed by atoms with van der Waals surface area (Å²) in [6, 6.07) is 2.08. The summed E-state index contributed by atoms with van der Waals surface area (Å²) in [5, 5.41) is 0. The van der Waals surface area contributed by atoms with Crippen molar-refractivity contribution in [3.05, 3.63) is 23.0 Å². The number of ether oxygens (including phenoxy) is 1. The first-order valence-corrected chi connectivity index (χ1v) is 7.66. The van der Waals surface area contributed by atoms with Gasteiger partial charge in [-0.05, 0) is 31.9 Å². The maximum Gasteiger partial charge on any atom is 0.409 e. The highest BCUT2D eigenvalue weighted by atomic mass is 16.5. The second-order valence-corrected chi connectivity index (χ2v) is 5.82. The van der Waals surface area contributed by atoms with Gasteiger partial charge in [0.2, 0.25) is 5.91 Å². The topological polar surface area (TPSA) is 54.8 Å². The third-order valence-corrected chi connectivity index (χ3v) is 4.50. The quantitative estimate of drug-likeness (QED) is 0.832. The number of hydrogen-bond acceptors (Lipinski definition) is 3. The molecule has 122 valence electrons.